The number of hydrogen-bond donors (Lipinski definition) is 3. The Morgan fingerprint density at radius 2 is 2.04 bits per heavy atom. The Labute approximate surface area is 173 Å². The Morgan fingerprint density at radius 1 is 1.32 bits per heavy atom. The van der Waals surface area contributed by atoms with E-state index in [1.54, 1.807) is 11.8 Å². The van der Waals surface area contributed by atoms with Crippen LogP contribution < -0.4 is 16.4 Å². The summed E-state index contributed by atoms with van der Waals surface area (Å²) in [7, 11) is 1.92. The number of ether oxygens (including phenoxy) is 1. The van der Waals surface area contributed by atoms with E-state index in [1.165, 1.54) is 5.56 Å². The lowest BCUT2D eigenvalue weighted by Gasteiger charge is -2.31. The van der Waals surface area contributed by atoms with Gasteiger partial charge >= 0.3 is 0 Å². The highest BCUT2D eigenvalue weighted by atomic mass is 32.2. The summed E-state index contributed by atoms with van der Waals surface area (Å²) >= 11 is 1.57. The van der Waals surface area contributed by atoms with Gasteiger partial charge in [0.25, 0.3) is 0 Å². The normalized spacial score (nSPS) is 16.1. The third-order valence-electron chi connectivity index (χ3n) is 5.19. The van der Waals surface area contributed by atoms with Crippen LogP contribution in [0.1, 0.15) is 51.0 Å². The number of nitrogen functional groups attached to an aromatic ring is 1. The maximum atomic E-state index is 12.5. The maximum Gasteiger partial charge on any atom is 0.220 e. The summed E-state index contributed by atoms with van der Waals surface area (Å²) in [6.07, 6.45) is 3.09. The molecule has 1 aliphatic heterocycles. The highest BCUT2D eigenvalue weighted by Crippen LogP contribution is 2.34. The van der Waals surface area contributed by atoms with Gasteiger partial charge in [-0.25, -0.2) is 0 Å². The highest BCUT2D eigenvalue weighted by molar-refractivity contribution is 8.03. The molecule has 6 heteroatoms. The third kappa shape index (κ3) is 7.15. The number of carbonyl (C=O) groups is 1. The van der Waals surface area contributed by atoms with Crippen LogP contribution in [0.3, 0.4) is 0 Å². The molecule has 1 fully saturated rings. The number of nitrogens with one attached hydrogen (secondary N) is 2. The van der Waals surface area contributed by atoms with E-state index < -0.39 is 0 Å². The first-order chi connectivity index (χ1) is 13.4. The van der Waals surface area contributed by atoms with Gasteiger partial charge in [-0.1, -0.05) is 38.3 Å². The number of hydrogen-bond acceptors (Lipinski definition) is 5. The highest BCUT2D eigenvalue weighted by Gasteiger charge is 2.24. The maximum absolute atomic E-state index is 12.5. The Bertz CT molecular complexity index is 657. The second kappa shape index (κ2) is 11.5. The zero-order valence-electron chi connectivity index (χ0n) is 17.4. The summed E-state index contributed by atoms with van der Waals surface area (Å²) in [4.78, 5) is 14.5. The number of amides is 1. The zero-order valence-corrected chi connectivity index (χ0v) is 18.2. The molecule has 5 nitrogen and oxygen atoms in total. The smallest absolute Gasteiger partial charge is 0.220 e. The molecule has 1 amide bonds. The number of anilines is 1. The first-order valence-electron chi connectivity index (χ1n) is 10.2. The molecule has 1 saturated heterocycles. The molecule has 1 heterocycles. The number of carbonyl (C=O) groups excluding carboxylic acids is 1. The van der Waals surface area contributed by atoms with Crippen LogP contribution in [-0.2, 0) is 9.53 Å². The number of benzene rings is 1. The second-order valence-electron chi connectivity index (χ2n) is 7.77. The van der Waals surface area contributed by atoms with Crippen molar-refractivity contribution in [3.63, 3.8) is 0 Å². The minimum atomic E-state index is 0.0809. The fourth-order valence-corrected chi connectivity index (χ4v) is 4.31. The van der Waals surface area contributed by atoms with Gasteiger partial charge in [-0.15, -0.1) is 0 Å². The van der Waals surface area contributed by atoms with Gasteiger partial charge in [0.05, 0.1) is 0 Å². The quantitative estimate of drug-likeness (QED) is 0.406. The van der Waals surface area contributed by atoms with Crippen molar-refractivity contribution in [3.05, 3.63) is 35.2 Å². The predicted molar refractivity (Wildman–Crippen MR) is 119 cm³/mol. The number of likely N-dealkylation sites (N-methyl/N-ethyl adjacent to an activating group) is 1. The van der Waals surface area contributed by atoms with Crippen molar-refractivity contribution in [1.29, 1.82) is 0 Å². The molecule has 156 valence electrons. The lowest BCUT2D eigenvalue weighted by molar-refractivity contribution is -0.122. The van der Waals surface area contributed by atoms with Crippen molar-refractivity contribution in [2.24, 2.45) is 5.92 Å². The van der Waals surface area contributed by atoms with E-state index in [9.17, 15) is 4.79 Å². The molecule has 0 spiro atoms. The molecule has 0 aromatic heterocycles. The van der Waals surface area contributed by atoms with E-state index in [2.05, 4.69) is 43.2 Å². The van der Waals surface area contributed by atoms with Crippen LogP contribution in [0.15, 0.2) is 34.6 Å². The van der Waals surface area contributed by atoms with Gasteiger partial charge in [0.2, 0.25) is 5.91 Å². The average molecular weight is 406 g/mol. The van der Waals surface area contributed by atoms with Gasteiger partial charge in [-0.2, -0.15) is 0 Å². The molecule has 0 saturated carbocycles. The van der Waals surface area contributed by atoms with Gasteiger partial charge in [-0.05, 0) is 60.7 Å². The van der Waals surface area contributed by atoms with Crippen molar-refractivity contribution in [2.45, 2.75) is 56.4 Å². The molecule has 0 bridgehead atoms. The first-order valence-corrected chi connectivity index (χ1v) is 11.0. The lowest BCUT2D eigenvalue weighted by atomic mass is 9.91. The number of allylic oxidation sites excluding steroid dienone is 1. The van der Waals surface area contributed by atoms with Gasteiger partial charge in [0.15, 0.2) is 0 Å². The Balaban J connectivity index is 1.84. The van der Waals surface area contributed by atoms with Crippen molar-refractivity contribution < 1.29 is 9.53 Å². The molecule has 1 aliphatic rings. The van der Waals surface area contributed by atoms with Crippen LogP contribution in [0.4, 0.5) is 5.69 Å². The molecule has 1 atom stereocenters. The zero-order chi connectivity index (χ0) is 20.5. The van der Waals surface area contributed by atoms with E-state index in [4.69, 9.17) is 10.5 Å². The summed E-state index contributed by atoms with van der Waals surface area (Å²) in [5.41, 5.74) is 8.13. The van der Waals surface area contributed by atoms with Gasteiger partial charge < -0.3 is 21.1 Å². The van der Waals surface area contributed by atoms with E-state index >= 15 is 0 Å². The summed E-state index contributed by atoms with van der Waals surface area (Å²) in [5.74, 6) is 1.01. The Morgan fingerprint density at radius 3 is 2.68 bits per heavy atom. The molecule has 1 unspecified atom stereocenters. The van der Waals surface area contributed by atoms with Crippen LogP contribution in [0.2, 0.25) is 0 Å². The summed E-state index contributed by atoms with van der Waals surface area (Å²) in [5, 5.41) is 6.41. The lowest BCUT2D eigenvalue weighted by Crippen LogP contribution is -2.47. The van der Waals surface area contributed by atoms with Crippen LogP contribution >= 0.6 is 11.8 Å². The molecule has 28 heavy (non-hydrogen) atoms. The average Bonchev–Trinajstić information content (AvgIpc) is 2.68. The van der Waals surface area contributed by atoms with Gasteiger partial charge in [0, 0.05) is 42.8 Å². The van der Waals surface area contributed by atoms with Crippen molar-refractivity contribution in [1.82, 2.24) is 10.6 Å². The van der Waals surface area contributed by atoms with Gasteiger partial charge in [0.1, 0.15) is 0 Å². The molecular formula is C22H35N3O2S. The fourth-order valence-electron chi connectivity index (χ4n) is 3.41. The molecule has 1 aromatic carbocycles. The van der Waals surface area contributed by atoms with Crippen molar-refractivity contribution in [2.75, 3.05) is 32.5 Å². The number of thioether (sulfide) groups is 1. The molecule has 1 aromatic rings. The Hall–Kier alpha value is -1.50. The summed E-state index contributed by atoms with van der Waals surface area (Å²) < 4.78 is 5.44. The van der Waals surface area contributed by atoms with E-state index in [-0.39, 0.29) is 11.9 Å². The van der Waals surface area contributed by atoms with E-state index in [0.29, 0.717) is 24.7 Å². The first kappa shape index (κ1) is 22.8. The van der Waals surface area contributed by atoms with Crippen molar-refractivity contribution in [3.8, 4) is 0 Å². The molecule has 4 N–H and O–H groups in total. The largest absolute Gasteiger partial charge is 0.398 e. The van der Waals surface area contributed by atoms with Crippen LogP contribution in [0, 0.1) is 5.92 Å². The van der Waals surface area contributed by atoms with E-state index in [0.717, 1.165) is 48.1 Å². The van der Waals surface area contributed by atoms with Gasteiger partial charge in [-0.3, -0.25) is 4.79 Å². The second-order valence-corrected chi connectivity index (χ2v) is 9.00. The topological polar surface area (TPSA) is 76.4 Å². The summed E-state index contributed by atoms with van der Waals surface area (Å²) in [6.45, 7) is 10.8. The minimum absolute atomic E-state index is 0.0809. The monoisotopic (exact) mass is 405 g/mol. The number of rotatable bonds is 10. The molecule has 0 aliphatic carbocycles. The van der Waals surface area contributed by atoms with Crippen LogP contribution in [0.25, 0.3) is 0 Å². The summed E-state index contributed by atoms with van der Waals surface area (Å²) in [6, 6.07) is 6.30. The van der Waals surface area contributed by atoms with Crippen LogP contribution in [-0.4, -0.2) is 38.8 Å². The van der Waals surface area contributed by atoms with Crippen molar-refractivity contribution >= 4 is 23.4 Å². The Kier molecular flexibility index (Phi) is 9.35. The third-order valence-corrected chi connectivity index (χ3v) is 6.26. The van der Waals surface area contributed by atoms with Crippen LogP contribution in [0.5, 0.6) is 0 Å². The molecule has 0 radical (unpaired) electrons. The number of nitrogens with two attached hydrogens (primary N) is 1. The molecular weight excluding hydrogens is 370 g/mol. The fraction of sp³-hybridized carbons (Fsp3) is 0.591. The molecule has 2 rings (SSSR count). The van der Waals surface area contributed by atoms with E-state index in [1.807, 2.05) is 13.1 Å². The predicted octanol–water partition coefficient (Wildman–Crippen LogP) is 3.91. The standard InChI is InChI=1S/C22H35N3O2S/c1-15(2)18-6-7-19(23)21(13-18)28-16(3)5-8-22(26)25-20(14-24-4)17-9-11-27-12-10-17/h6-7,13,15,17,20,24H,3,5,8-12,14,23H2,1-2,4H3,(H,25,26). The SMILES string of the molecule is C=C(CCC(=O)NC(CNC)C1CCOCC1)Sc1cc(C(C)C)ccc1N. The minimum Gasteiger partial charge on any atom is -0.398 e.